The van der Waals surface area contributed by atoms with Crippen LogP contribution in [0.4, 0.5) is 5.69 Å². The number of nitrogens with one attached hydrogen (secondary N) is 1. The van der Waals surface area contributed by atoms with Crippen LogP contribution in [0, 0.1) is 0 Å². The van der Waals surface area contributed by atoms with Crippen molar-refractivity contribution in [3.63, 3.8) is 0 Å². The normalized spacial score (nSPS) is 11.8. The summed E-state index contributed by atoms with van der Waals surface area (Å²) in [5, 5.41) is 3.57. The van der Waals surface area contributed by atoms with Crippen LogP contribution in [0.1, 0.15) is 24.5 Å². The fourth-order valence-corrected chi connectivity index (χ4v) is 3.75. The number of carbonyl (C=O) groups excluding carboxylic acids is 1. The van der Waals surface area contributed by atoms with Gasteiger partial charge in [0.15, 0.2) is 0 Å². The number of anilines is 1. The Balaban J connectivity index is 1.59. The van der Waals surface area contributed by atoms with Gasteiger partial charge in [0, 0.05) is 28.0 Å². The molecule has 0 fully saturated rings. The third-order valence-electron chi connectivity index (χ3n) is 4.13. The molecule has 0 spiro atoms. The molecule has 3 nitrogen and oxygen atoms in total. The molecule has 1 unspecified atom stereocenters. The average molecular weight is 397 g/mol. The molecular formula is C22H21ClN2OS. The van der Waals surface area contributed by atoms with Crippen molar-refractivity contribution in [1.82, 2.24) is 4.98 Å². The number of rotatable bonds is 7. The second kappa shape index (κ2) is 9.58. The fraction of sp³-hybridized carbons (Fsp3) is 0.182. The van der Waals surface area contributed by atoms with Crippen LogP contribution in [0.2, 0.25) is 5.02 Å². The number of carbonyl (C=O) groups is 1. The highest BCUT2D eigenvalue weighted by Gasteiger charge is 2.18. The highest BCUT2D eigenvalue weighted by Crippen LogP contribution is 2.27. The highest BCUT2D eigenvalue weighted by atomic mass is 35.5. The van der Waals surface area contributed by atoms with Gasteiger partial charge in [-0.3, -0.25) is 9.78 Å². The topological polar surface area (TPSA) is 42.0 Å². The maximum Gasteiger partial charge on any atom is 0.237 e. The largest absolute Gasteiger partial charge is 0.325 e. The first-order chi connectivity index (χ1) is 13.1. The van der Waals surface area contributed by atoms with Gasteiger partial charge in [-0.05, 0) is 72.5 Å². The Hall–Kier alpha value is -2.30. The molecule has 1 amide bonds. The number of benzene rings is 2. The molecule has 1 aromatic heterocycles. The zero-order valence-electron chi connectivity index (χ0n) is 15.1. The van der Waals surface area contributed by atoms with E-state index in [4.69, 9.17) is 11.6 Å². The van der Waals surface area contributed by atoms with E-state index in [1.54, 1.807) is 24.2 Å². The van der Waals surface area contributed by atoms with Gasteiger partial charge in [-0.25, -0.2) is 0 Å². The van der Waals surface area contributed by atoms with Gasteiger partial charge in [0.1, 0.15) is 0 Å². The van der Waals surface area contributed by atoms with E-state index < -0.39 is 0 Å². The summed E-state index contributed by atoms with van der Waals surface area (Å²) in [6.07, 6.45) is 5.19. The van der Waals surface area contributed by atoms with E-state index in [1.165, 1.54) is 11.1 Å². The van der Waals surface area contributed by atoms with Gasteiger partial charge in [0.25, 0.3) is 0 Å². The van der Waals surface area contributed by atoms with Crippen LogP contribution in [-0.4, -0.2) is 16.1 Å². The van der Waals surface area contributed by atoms with Crippen LogP contribution >= 0.6 is 23.4 Å². The van der Waals surface area contributed by atoms with Crippen LogP contribution in [0.3, 0.4) is 0 Å². The number of amides is 1. The van der Waals surface area contributed by atoms with E-state index in [0.717, 1.165) is 23.4 Å². The molecule has 3 aromatic rings. The molecule has 1 atom stereocenters. The van der Waals surface area contributed by atoms with E-state index in [0.29, 0.717) is 5.02 Å². The fourth-order valence-electron chi connectivity index (χ4n) is 2.66. The zero-order valence-corrected chi connectivity index (χ0v) is 16.6. The van der Waals surface area contributed by atoms with Gasteiger partial charge >= 0.3 is 0 Å². The van der Waals surface area contributed by atoms with Crippen LogP contribution in [0.5, 0.6) is 0 Å². The quantitative estimate of drug-likeness (QED) is 0.510. The third kappa shape index (κ3) is 5.84. The average Bonchev–Trinajstić information content (AvgIpc) is 2.70. The standard InChI is InChI=1S/C22H21ClN2OS/c1-2-21(27-20-9-5-18(23)6-10-20)22(26)25-19-7-3-16(4-8-19)15-17-11-13-24-14-12-17/h3-14,21H,2,15H2,1H3,(H,25,26). The molecule has 2 aromatic carbocycles. The van der Waals surface area contributed by atoms with Crippen LogP contribution in [0.25, 0.3) is 0 Å². The van der Waals surface area contributed by atoms with Gasteiger partial charge < -0.3 is 5.32 Å². The van der Waals surface area contributed by atoms with Crippen molar-refractivity contribution < 1.29 is 4.79 Å². The molecule has 1 heterocycles. The van der Waals surface area contributed by atoms with Crippen molar-refractivity contribution in [3.8, 4) is 0 Å². The number of nitrogens with zero attached hydrogens (tertiary/aromatic N) is 1. The minimum Gasteiger partial charge on any atom is -0.325 e. The molecule has 0 aliphatic rings. The molecule has 1 N–H and O–H groups in total. The lowest BCUT2D eigenvalue weighted by atomic mass is 10.1. The summed E-state index contributed by atoms with van der Waals surface area (Å²) in [5.74, 6) is 0.0133. The van der Waals surface area contributed by atoms with E-state index in [2.05, 4.69) is 10.3 Å². The Bertz CT molecular complexity index is 867. The first-order valence-corrected chi connectivity index (χ1v) is 10.1. The van der Waals surface area contributed by atoms with Gasteiger partial charge in [-0.1, -0.05) is 30.7 Å². The zero-order chi connectivity index (χ0) is 19.1. The van der Waals surface area contributed by atoms with Crippen molar-refractivity contribution in [1.29, 1.82) is 0 Å². The summed E-state index contributed by atoms with van der Waals surface area (Å²) < 4.78 is 0. The van der Waals surface area contributed by atoms with E-state index in [-0.39, 0.29) is 11.2 Å². The van der Waals surface area contributed by atoms with E-state index >= 15 is 0 Å². The predicted octanol–water partition coefficient (Wildman–Crippen LogP) is 5.84. The number of hydrogen-bond acceptors (Lipinski definition) is 3. The lowest BCUT2D eigenvalue weighted by Crippen LogP contribution is -2.24. The predicted molar refractivity (Wildman–Crippen MR) is 114 cm³/mol. The first-order valence-electron chi connectivity index (χ1n) is 8.85. The summed E-state index contributed by atoms with van der Waals surface area (Å²) in [7, 11) is 0. The second-order valence-electron chi connectivity index (χ2n) is 6.19. The smallest absolute Gasteiger partial charge is 0.237 e. The Morgan fingerprint density at radius 1 is 1.00 bits per heavy atom. The van der Waals surface area contributed by atoms with E-state index in [9.17, 15) is 4.79 Å². The summed E-state index contributed by atoms with van der Waals surface area (Å²) >= 11 is 7.48. The molecule has 0 bridgehead atoms. The number of aromatic nitrogens is 1. The van der Waals surface area contributed by atoms with Crippen molar-refractivity contribution in [2.45, 2.75) is 29.9 Å². The maximum absolute atomic E-state index is 12.6. The monoisotopic (exact) mass is 396 g/mol. The number of halogens is 1. The Morgan fingerprint density at radius 3 is 2.26 bits per heavy atom. The van der Waals surface area contributed by atoms with Crippen LogP contribution < -0.4 is 5.32 Å². The lowest BCUT2D eigenvalue weighted by molar-refractivity contribution is -0.115. The summed E-state index contributed by atoms with van der Waals surface area (Å²) in [4.78, 5) is 17.7. The number of thioether (sulfide) groups is 1. The molecule has 138 valence electrons. The molecule has 0 aliphatic carbocycles. The van der Waals surface area contributed by atoms with Gasteiger partial charge in [0.2, 0.25) is 5.91 Å². The minimum absolute atomic E-state index is 0.0133. The van der Waals surface area contributed by atoms with Crippen LogP contribution in [0.15, 0.2) is 78.0 Å². The van der Waals surface area contributed by atoms with Gasteiger partial charge in [0.05, 0.1) is 5.25 Å². The number of pyridine rings is 1. The van der Waals surface area contributed by atoms with Crippen molar-refractivity contribution in [2.24, 2.45) is 0 Å². The minimum atomic E-state index is -0.150. The molecule has 27 heavy (non-hydrogen) atoms. The molecule has 0 saturated heterocycles. The first kappa shape index (κ1) is 19.5. The number of hydrogen-bond donors (Lipinski definition) is 1. The molecule has 0 aliphatic heterocycles. The van der Waals surface area contributed by atoms with Crippen molar-refractivity contribution in [3.05, 3.63) is 89.2 Å². The highest BCUT2D eigenvalue weighted by molar-refractivity contribution is 8.00. The van der Waals surface area contributed by atoms with Gasteiger partial charge in [-0.15, -0.1) is 11.8 Å². The Morgan fingerprint density at radius 2 is 1.63 bits per heavy atom. The summed E-state index contributed by atoms with van der Waals surface area (Å²) in [6, 6.07) is 19.6. The molecular weight excluding hydrogens is 376 g/mol. The lowest BCUT2D eigenvalue weighted by Gasteiger charge is -2.15. The Kier molecular flexibility index (Phi) is 6.91. The second-order valence-corrected chi connectivity index (χ2v) is 7.90. The molecule has 5 heteroatoms. The maximum atomic E-state index is 12.6. The summed E-state index contributed by atoms with van der Waals surface area (Å²) in [6.45, 7) is 2.02. The van der Waals surface area contributed by atoms with Crippen LogP contribution in [-0.2, 0) is 11.2 Å². The summed E-state index contributed by atoms with van der Waals surface area (Å²) in [5.41, 5.74) is 3.22. The molecule has 3 rings (SSSR count). The third-order valence-corrected chi connectivity index (χ3v) is 5.76. The SMILES string of the molecule is CCC(Sc1ccc(Cl)cc1)C(=O)Nc1ccc(Cc2ccncc2)cc1. The van der Waals surface area contributed by atoms with E-state index in [1.807, 2.05) is 67.6 Å². The molecule has 0 radical (unpaired) electrons. The van der Waals surface area contributed by atoms with Crippen molar-refractivity contribution >= 4 is 35.0 Å². The molecule has 0 saturated carbocycles. The Labute approximate surface area is 169 Å². The van der Waals surface area contributed by atoms with Crippen molar-refractivity contribution in [2.75, 3.05) is 5.32 Å². The van der Waals surface area contributed by atoms with Gasteiger partial charge in [-0.2, -0.15) is 0 Å².